The standard InChI is InChI=1S/C21H28N2O4S/c1-21(2,3)11-8-9-14-15(10-11)28-19(16(14)17(22)24)23-18(25)12-6-4-5-7-13(12)20(26)27/h4-5,11-13H,6-10H2,1-3H3,(H2,22,24)(H,23,25)(H,26,27)/t11-,12+,13+/m1/s1. The van der Waals surface area contributed by atoms with Crippen molar-refractivity contribution in [1.82, 2.24) is 0 Å². The maximum Gasteiger partial charge on any atom is 0.307 e. The summed E-state index contributed by atoms with van der Waals surface area (Å²) in [5, 5.41) is 12.7. The molecule has 2 aliphatic carbocycles. The first kappa shape index (κ1) is 20.6. The number of primary amides is 1. The monoisotopic (exact) mass is 404 g/mol. The van der Waals surface area contributed by atoms with Crippen molar-refractivity contribution in [3.05, 3.63) is 28.2 Å². The topological polar surface area (TPSA) is 109 Å². The molecule has 1 heterocycles. The zero-order valence-electron chi connectivity index (χ0n) is 16.6. The number of thiophene rings is 1. The van der Waals surface area contributed by atoms with Gasteiger partial charge in [0, 0.05) is 4.88 Å². The number of nitrogens with two attached hydrogens (primary N) is 1. The van der Waals surface area contributed by atoms with Gasteiger partial charge in [0.2, 0.25) is 5.91 Å². The van der Waals surface area contributed by atoms with Crippen LogP contribution in [0.2, 0.25) is 0 Å². The van der Waals surface area contributed by atoms with Crippen molar-refractivity contribution < 1.29 is 19.5 Å². The van der Waals surface area contributed by atoms with Crippen LogP contribution >= 0.6 is 11.3 Å². The second kappa shape index (κ2) is 7.70. The molecule has 0 unspecified atom stereocenters. The van der Waals surface area contributed by atoms with Gasteiger partial charge in [0.15, 0.2) is 0 Å². The number of fused-ring (bicyclic) bond motifs is 1. The lowest BCUT2D eigenvalue weighted by atomic mass is 9.72. The highest BCUT2D eigenvalue weighted by Gasteiger charge is 2.37. The first-order valence-corrected chi connectivity index (χ1v) is 10.5. The van der Waals surface area contributed by atoms with Crippen LogP contribution in [0, 0.1) is 23.2 Å². The normalized spacial score (nSPS) is 24.5. The van der Waals surface area contributed by atoms with Crippen LogP contribution in [0.15, 0.2) is 12.2 Å². The lowest BCUT2D eigenvalue weighted by Gasteiger charge is -2.33. The van der Waals surface area contributed by atoms with Gasteiger partial charge in [-0.05, 0) is 49.0 Å². The van der Waals surface area contributed by atoms with Crippen molar-refractivity contribution in [2.24, 2.45) is 28.9 Å². The number of allylic oxidation sites excluding steroid dienone is 2. The molecule has 7 heteroatoms. The number of amides is 2. The van der Waals surface area contributed by atoms with E-state index in [4.69, 9.17) is 5.73 Å². The highest BCUT2D eigenvalue weighted by Crippen LogP contribution is 2.44. The van der Waals surface area contributed by atoms with Crippen molar-refractivity contribution in [1.29, 1.82) is 0 Å². The highest BCUT2D eigenvalue weighted by molar-refractivity contribution is 7.17. The molecule has 0 aromatic carbocycles. The minimum Gasteiger partial charge on any atom is -0.481 e. The molecule has 6 nitrogen and oxygen atoms in total. The average molecular weight is 405 g/mol. The van der Waals surface area contributed by atoms with Crippen LogP contribution in [0.3, 0.4) is 0 Å². The minimum absolute atomic E-state index is 0.168. The third kappa shape index (κ3) is 3.99. The van der Waals surface area contributed by atoms with E-state index in [1.165, 1.54) is 11.3 Å². The lowest BCUT2D eigenvalue weighted by molar-refractivity contribution is -0.146. The molecule has 2 aliphatic rings. The molecular weight excluding hydrogens is 376 g/mol. The summed E-state index contributed by atoms with van der Waals surface area (Å²) in [6, 6.07) is 0. The molecule has 0 aliphatic heterocycles. The molecule has 0 fully saturated rings. The van der Waals surface area contributed by atoms with Gasteiger partial charge in [-0.25, -0.2) is 0 Å². The molecule has 0 saturated heterocycles. The van der Waals surface area contributed by atoms with E-state index in [0.29, 0.717) is 29.3 Å². The Morgan fingerprint density at radius 1 is 1.18 bits per heavy atom. The number of carboxylic acids is 1. The zero-order valence-corrected chi connectivity index (χ0v) is 17.4. The minimum atomic E-state index is -0.974. The van der Waals surface area contributed by atoms with Crippen LogP contribution in [0.5, 0.6) is 0 Å². The molecule has 0 spiro atoms. The van der Waals surface area contributed by atoms with Crippen LogP contribution in [0.4, 0.5) is 5.00 Å². The van der Waals surface area contributed by atoms with E-state index in [1.54, 1.807) is 6.08 Å². The molecule has 0 saturated carbocycles. The Hall–Kier alpha value is -2.15. The van der Waals surface area contributed by atoms with Crippen molar-refractivity contribution in [2.45, 2.75) is 52.9 Å². The molecule has 4 N–H and O–H groups in total. The number of carbonyl (C=O) groups is 3. The molecule has 3 rings (SSSR count). The molecule has 3 atom stereocenters. The van der Waals surface area contributed by atoms with Gasteiger partial charge in [-0.1, -0.05) is 32.9 Å². The largest absolute Gasteiger partial charge is 0.481 e. The molecule has 152 valence electrons. The van der Waals surface area contributed by atoms with Crippen LogP contribution in [-0.4, -0.2) is 22.9 Å². The number of nitrogens with one attached hydrogen (secondary N) is 1. The molecule has 2 amide bonds. The van der Waals surface area contributed by atoms with E-state index in [0.717, 1.165) is 29.7 Å². The molecule has 1 aromatic rings. The summed E-state index contributed by atoms with van der Waals surface area (Å²) in [7, 11) is 0. The van der Waals surface area contributed by atoms with Crippen LogP contribution < -0.4 is 11.1 Å². The predicted octanol–water partition coefficient (Wildman–Crippen LogP) is 3.60. The number of carbonyl (C=O) groups excluding carboxylic acids is 2. The first-order chi connectivity index (χ1) is 13.1. The SMILES string of the molecule is CC(C)(C)[C@@H]1CCc2c(sc(NC(=O)[C@H]3CC=CC[C@@H]3C(=O)O)c2C(N)=O)C1. The Morgan fingerprint density at radius 3 is 2.39 bits per heavy atom. The quantitative estimate of drug-likeness (QED) is 0.666. The number of hydrogen-bond acceptors (Lipinski definition) is 4. The van der Waals surface area contributed by atoms with Gasteiger partial charge in [-0.15, -0.1) is 11.3 Å². The molecular formula is C21H28N2O4S. The van der Waals surface area contributed by atoms with E-state index in [1.807, 2.05) is 6.08 Å². The molecule has 1 aromatic heterocycles. The van der Waals surface area contributed by atoms with Gasteiger partial charge in [0.25, 0.3) is 5.91 Å². The Labute approximate surface area is 169 Å². The summed E-state index contributed by atoms with van der Waals surface area (Å²) < 4.78 is 0. The number of anilines is 1. The molecule has 0 radical (unpaired) electrons. The summed E-state index contributed by atoms with van der Waals surface area (Å²) in [6.45, 7) is 6.66. The first-order valence-electron chi connectivity index (χ1n) is 9.72. The third-order valence-corrected chi connectivity index (χ3v) is 7.23. The van der Waals surface area contributed by atoms with E-state index in [2.05, 4.69) is 26.1 Å². The van der Waals surface area contributed by atoms with Crippen molar-refractivity contribution >= 4 is 34.1 Å². The van der Waals surface area contributed by atoms with Crippen molar-refractivity contribution in [3.8, 4) is 0 Å². The van der Waals surface area contributed by atoms with Crippen LogP contribution in [0.1, 0.15) is 60.8 Å². The van der Waals surface area contributed by atoms with Crippen LogP contribution in [-0.2, 0) is 22.4 Å². The van der Waals surface area contributed by atoms with E-state index < -0.39 is 23.7 Å². The van der Waals surface area contributed by atoms with Gasteiger partial charge in [-0.2, -0.15) is 0 Å². The lowest BCUT2D eigenvalue weighted by Crippen LogP contribution is -2.35. The van der Waals surface area contributed by atoms with Gasteiger partial charge in [-0.3, -0.25) is 14.4 Å². The Bertz CT molecular complexity index is 834. The maximum atomic E-state index is 12.8. The smallest absolute Gasteiger partial charge is 0.307 e. The summed E-state index contributed by atoms with van der Waals surface area (Å²) in [5.41, 5.74) is 7.16. The maximum absolute atomic E-state index is 12.8. The fourth-order valence-electron chi connectivity index (χ4n) is 4.26. The number of aliphatic carboxylic acids is 1. The number of carboxylic acid groups (broad SMARTS) is 1. The average Bonchev–Trinajstić information content (AvgIpc) is 2.97. The van der Waals surface area contributed by atoms with Gasteiger partial charge in [0.05, 0.1) is 17.4 Å². The van der Waals surface area contributed by atoms with E-state index >= 15 is 0 Å². The summed E-state index contributed by atoms with van der Waals surface area (Å²) >= 11 is 1.41. The fraction of sp³-hybridized carbons (Fsp3) is 0.571. The van der Waals surface area contributed by atoms with Gasteiger partial charge >= 0.3 is 5.97 Å². The summed E-state index contributed by atoms with van der Waals surface area (Å²) in [6.07, 6.45) is 6.97. The summed E-state index contributed by atoms with van der Waals surface area (Å²) in [4.78, 5) is 37.6. The van der Waals surface area contributed by atoms with Crippen LogP contribution in [0.25, 0.3) is 0 Å². The summed E-state index contributed by atoms with van der Waals surface area (Å²) in [5.74, 6) is -2.77. The molecule has 0 bridgehead atoms. The highest BCUT2D eigenvalue weighted by atomic mass is 32.1. The second-order valence-electron chi connectivity index (χ2n) is 8.86. The second-order valence-corrected chi connectivity index (χ2v) is 9.97. The molecule has 28 heavy (non-hydrogen) atoms. The Morgan fingerprint density at radius 2 is 1.82 bits per heavy atom. The van der Waals surface area contributed by atoms with Gasteiger partial charge < -0.3 is 16.2 Å². The Kier molecular flexibility index (Phi) is 5.66. The third-order valence-electron chi connectivity index (χ3n) is 6.06. The van der Waals surface area contributed by atoms with E-state index in [-0.39, 0.29) is 11.3 Å². The number of rotatable bonds is 4. The van der Waals surface area contributed by atoms with Crippen molar-refractivity contribution in [2.75, 3.05) is 5.32 Å². The van der Waals surface area contributed by atoms with E-state index in [9.17, 15) is 19.5 Å². The Balaban J connectivity index is 1.87. The van der Waals surface area contributed by atoms with Crippen molar-refractivity contribution in [3.63, 3.8) is 0 Å². The number of hydrogen-bond donors (Lipinski definition) is 3. The zero-order chi connectivity index (χ0) is 20.6. The fourth-order valence-corrected chi connectivity index (χ4v) is 5.59. The van der Waals surface area contributed by atoms with Gasteiger partial charge in [0.1, 0.15) is 5.00 Å². The predicted molar refractivity (Wildman–Crippen MR) is 109 cm³/mol.